The van der Waals surface area contributed by atoms with Crippen LogP contribution in [0.25, 0.3) is 0 Å². The van der Waals surface area contributed by atoms with Gasteiger partial charge in [0.15, 0.2) is 0 Å². The summed E-state index contributed by atoms with van der Waals surface area (Å²) in [6.07, 6.45) is -0.547. The van der Waals surface area contributed by atoms with Gasteiger partial charge in [-0.15, -0.1) is 0 Å². The lowest BCUT2D eigenvalue weighted by molar-refractivity contribution is 0.190. The molecule has 2 aromatic carbocycles. The summed E-state index contributed by atoms with van der Waals surface area (Å²) in [6.45, 7) is 2.17. The molecule has 0 radical (unpaired) electrons. The molecule has 20 heavy (non-hydrogen) atoms. The maximum atomic E-state index is 9.71. The van der Waals surface area contributed by atoms with Crippen molar-refractivity contribution in [1.29, 1.82) is 0 Å². The van der Waals surface area contributed by atoms with E-state index in [1.807, 2.05) is 42.5 Å². The van der Waals surface area contributed by atoms with E-state index in [4.69, 9.17) is 9.47 Å². The molecule has 0 heterocycles. The number of rotatable bonds is 5. The Morgan fingerprint density at radius 2 is 1.90 bits per heavy atom. The van der Waals surface area contributed by atoms with Gasteiger partial charge < -0.3 is 14.6 Å². The molecule has 2 rings (SSSR count). The van der Waals surface area contributed by atoms with Gasteiger partial charge in [0, 0.05) is 5.56 Å². The van der Waals surface area contributed by atoms with Crippen LogP contribution in [-0.2, 0) is 6.61 Å². The molecule has 1 atom stereocenters. The predicted octanol–water partition coefficient (Wildman–Crippen LogP) is 4.09. The first kappa shape index (κ1) is 14.9. The van der Waals surface area contributed by atoms with Gasteiger partial charge in [-0.2, -0.15) is 0 Å². The van der Waals surface area contributed by atoms with E-state index in [-0.39, 0.29) is 0 Å². The van der Waals surface area contributed by atoms with Crippen LogP contribution < -0.4 is 9.47 Å². The van der Waals surface area contributed by atoms with Crippen LogP contribution >= 0.6 is 15.9 Å². The van der Waals surface area contributed by atoms with E-state index in [1.165, 1.54) is 0 Å². The Kier molecular flexibility index (Phi) is 5.04. The largest absolute Gasteiger partial charge is 0.496 e. The minimum Gasteiger partial charge on any atom is -0.496 e. The van der Waals surface area contributed by atoms with Gasteiger partial charge in [0.1, 0.15) is 18.1 Å². The van der Waals surface area contributed by atoms with E-state index in [9.17, 15) is 5.11 Å². The molecule has 0 amide bonds. The highest BCUT2D eigenvalue weighted by Gasteiger charge is 2.09. The molecule has 4 heteroatoms. The molecule has 1 N–H and O–H groups in total. The molecule has 0 aromatic heterocycles. The van der Waals surface area contributed by atoms with Crippen molar-refractivity contribution in [3.05, 3.63) is 58.1 Å². The lowest BCUT2D eigenvalue weighted by Gasteiger charge is -2.13. The summed E-state index contributed by atoms with van der Waals surface area (Å²) in [4.78, 5) is 0. The number of benzene rings is 2. The summed E-state index contributed by atoms with van der Waals surface area (Å²) in [5.74, 6) is 1.49. The maximum Gasteiger partial charge on any atom is 0.133 e. The van der Waals surface area contributed by atoms with Crippen LogP contribution in [0.3, 0.4) is 0 Å². The second-order valence-electron chi connectivity index (χ2n) is 4.47. The second-order valence-corrected chi connectivity index (χ2v) is 5.33. The summed E-state index contributed by atoms with van der Waals surface area (Å²) in [6, 6.07) is 13.3. The van der Waals surface area contributed by atoms with E-state index in [0.717, 1.165) is 21.3 Å². The maximum absolute atomic E-state index is 9.71. The standard InChI is InChI=1S/C16H17BrO3/c1-11(18)13-5-3-4-6-15(13)20-10-12-7-8-16(19-2)14(17)9-12/h3-9,11,18H,10H2,1-2H3/t11-/m0/s1. The lowest BCUT2D eigenvalue weighted by Crippen LogP contribution is -2.01. The molecule has 2 aromatic rings. The summed E-state index contributed by atoms with van der Waals surface area (Å²) < 4.78 is 11.9. The van der Waals surface area contributed by atoms with Gasteiger partial charge in [0.2, 0.25) is 0 Å². The molecule has 0 saturated heterocycles. The average molecular weight is 337 g/mol. The Morgan fingerprint density at radius 3 is 2.55 bits per heavy atom. The van der Waals surface area contributed by atoms with Crippen molar-refractivity contribution in [3.63, 3.8) is 0 Å². The highest BCUT2D eigenvalue weighted by molar-refractivity contribution is 9.10. The Bertz CT molecular complexity index is 582. The van der Waals surface area contributed by atoms with E-state index in [0.29, 0.717) is 12.4 Å². The first-order valence-corrected chi connectivity index (χ1v) is 7.13. The Morgan fingerprint density at radius 1 is 1.15 bits per heavy atom. The third kappa shape index (κ3) is 3.52. The lowest BCUT2D eigenvalue weighted by atomic mass is 10.1. The number of ether oxygens (including phenoxy) is 2. The van der Waals surface area contributed by atoms with Crippen LogP contribution in [0.2, 0.25) is 0 Å². The van der Waals surface area contributed by atoms with Crippen LogP contribution in [-0.4, -0.2) is 12.2 Å². The highest BCUT2D eigenvalue weighted by Crippen LogP contribution is 2.28. The van der Waals surface area contributed by atoms with Crippen molar-refractivity contribution in [2.45, 2.75) is 19.6 Å². The average Bonchev–Trinajstić information content (AvgIpc) is 2.45. The number of halogens is 1. The van der Waals surface area contributed by atoms with Crippen molar-refractivity contribution < 1.29 is 14.6 Å². The Labute approximate surface area is 127 Å². The third-order valence-corrected chi connectivity index (χ3v) is 3.60. The molecular formula is C16H17BrO3. The summed E-state index contributed by atoms with van der Waals surface area (Å²) >= 11 is 3.45. The van der Waals surface area contributed by atoms with E-state index < -0.39 is 6.10 Å². The van der Waals surface area contributed by atoms with E-state index >= 15 is 0 Å². The van der Waals surface area contributed by atoms with Crippen LogP contribution in [0.1, 0.15) is 24.2 Å². The number of methoxy groups -OCH3 is 1. The SMILES string of the molecule is COc1ccc(COc2ccccc2[C@H](C)O)cc1Br. The molecule has 0 aliphatic carbocycles. The number of aliphatic hydroxyl groups is 1. The van der Waals surface area contributed by atoms with Gasteiger partial charge >= 0.3 is 0 Å². The molecule has 0 aliphatic rings. The molecule has 0 fully saturated rings. The summed E-state index contributed by atoms with van der Waals surface area (Å²) in [5.41, 5.74) is 1.82. The highest BCUT2D eigenvalue weighted by atomic mass is 79.9. The van der Waals surface area contributed by atoms with E-state index in [2.05, 4.69) is 15.9 Å². The third-order valence-electron chi connectivity index (χ3n) is 2.98. The van der Waals surface area contributed by atoms with Gasteiger partial charge in [-0.05, 0) is 46.6 Å². The summed E-state index contributed by atoms with van der Waals surface area (Å²) in [5, 5.41) is 9.71. The van der Waals surface area contributed by atoms with Crippen LogP contribution in [0.5, 0.6) is 11.5 Å². The monoisotopic (exact) mass is 336 g/mol. The van der Waals surface area contributed by atoms with Gasteiger partial charge in [0.25, 0.3) is 0 Å². The zero-order valence-electron chi connectivity index (χ0n) is 11.5. The Hall–Kier alpha value is -1.52. The smallest absolute Gasteiger partial charge is 0.133 e. The van der Waals surface area contributed by atoms with Crippen LogP contribution in [0.15, 0.2) is 46.9 Å². The van der Waals surface area contributed by atoms with Crippen molar-refractivity contribution in [1.82, 2.24) is 0 Å². The molecule has 106 valence electrons. The molecule has 0 aliphatic heterocycles. The fourth-order valence-corrected chi connectivity index (χ4v) is 2.51. The first-order valence-electron chi connectivity index (χ1n) is 6.34. The van der Waals surface area contributed by atoms with Gasteiger partial charge in [-0.1, -0.05) is 24.3 Å². The molecular weight excluding hydrogens is 320 g/mol. The van der Waals surface area contributed by atoms with Crippen molar-refractivity contribution in [3.8, 4) is 11.5 Å². The van der Waals surface area contributed by atoms with Gasteiger partial charge in [0.05, 0.1) is 17.7 Å². The molecule has 0 spiro atoms. The van der Waals surface area contributed by atoms with Gasteiger partial charge in [-0.25, -0.2) is 0 Å². The first-order chi connectivity index (χ1) is 9.61. The number of para-hydroxylation sites is 1. The van der Waals surface area contributed by atoms with E-state index in [1.54, 1.807) is 14.0 Å². The molecule has 0 saturated carbocycles. The zero-order valence-corrected chi connectivity index (χ0v) is 13.1. The normalized spacial score (nSPS) is 12.0. The minimum atomic E-state index is -0.547. The minimum absolute atomic E-state index is 0.437. The fourth-order valence-electron chi connectivity index (χ4n) is 1.92. The van der Waals surface area contributed by atoms with Crippen molar-refractivity contribution in [2.24, 2.45) is 0 Å². The quantitative estimate of drug-likeness (QED) is 0.893. The fraction of sp³-hybridized carbons (Fsp3) is 0.250. The van der Waals surface area contributed by atoms with Gasteiger partial charge in [-0.3, -0.25) is 0 Å². The summed E-state index contributed by atoms with van der Waals surface area (Å²) in [7, 11) is 1.63. The van der Waals surface area contributed by atoms with Crippen molar-refractivity contribution >= 4 is 15.9 Å². The van der Waals surface area contributed by atoms with Crippen LogP contribution in [0.4, 0.5) is 0 Å². The topological polar surface area (TPSA) is 38.7 Å². The molecule has 0 unspecified atom stereocenters. The van der Waals surface area contributed by atoms with Crippen LogP contribution in [0, 0.1) is 0 Å². The molecule has 0 bridgehead atoms. The zero-order chi connectivity index (χ0) is 14.5. The van der Waals surface area contributed by atoms with Crippen molar-refractivity contribution in [2.75, 3.05) is 7.11 Å². The molecule has 3 nitrogen and oxygen atoms in total. The Balaban J connectivity index is 2.11. The number of hydrogen-bond donors (Lipinski definition) is 1. The second kappa shape index (κ2) is 6.77. The number of hydrogen-bond acceptors (Lipinski definition) is 3. The predicted molar refractivity (Wildman–Crippen MR) is 82.1 cm³/mol. The number of aliphatic hydroxyl groups excluding tert-OH is 1.